The Morgan fingerprint density at radius 1 is 1.04 bits per heavy atom. The van der Waals surface area contributed by atoms with Gasteiger partial charge in [0.05, 0.1) is 11.0 Å². The van der Waals surface area contributed by atoms with E-state index in [2.05, 4.69) is 31.1 Å². The van der Waals surface area contributed by atoms with E-state index >= 15 is 0 Å². The number of tetrazole rings is 1. The van der Waals surface area contributed by atoms with E-state index in [-0.39, 0.29) is 0 Å². The highest BCUT2D eigenvalue weighted by molar-refractivity contribution is 5.86. The van der Waals surface area contributed by atoms with Crippen LogP contribution in [0.2, 0.25) is 0 Å². The van der Waals surface area contributed by atoms with E-state index in [0.717, 1.165) is 16.7 Å². The topological polar surface area (TPSA) is 106 Å². The maximum Gasteiger partial charge on any atom is 0.412 e. The highest BCUT2D eigenvalue weighted by Gasteiger charge is 2.16. The summed E-state index contributed by atoms with van der Waals surface area (Å²) in [5.74, 6) is 0.538. The van der Waals surface area contributed by atoms with Crippen molar-refractivity contribution in [3.63, 3.8) is 0 Å². The number of carbonyl (C=O) groups is 1. The number of fused-ring (bicyclic) bond motifs is 3. The Labute approximate surface area is 160 Å². The smallest absolute Gasteiger partial charge is 0.412 e. The summed E-state index contributed by atoms with van der Waals surface area (Å²) >= 11 is 0. The number of amides is 1. The zero-order valence-electron chi connectivity index (χ0n) is 15.7. The summed E-state index contributed by atoms with van der Waals surface area (Å²) in [5.41, 5.74) is 2.97. The second-order valence-corrected chi connectivity index (χ2v) is 7.19. The van der Waals surface area contributed by atoms with Gasteiger partial charge < -0.3 is 10.1 Å². The van der Waals surface area contributed by atoms with Gasteiger partial charge in [0.25, 0.3) is 0 Å². The van der Waals surface area contributed by atoms with Crippen molar-refractivity contribution < 1.29 is 9.53 Å². The molecule has 0 saturated carbocycles. The molecule has 0 aliphatic rings. The Morgan fingerprint density at radius 3 is 2.50 bits per heavy atom. The zero-order valence-corrected chi connectivity index (χ0v) is 15.7. The molecule has 9 heteroatoms. The third kappa shape index (κ3) is 3.68. The molecule has 142 valence electrons. The van der Waals surface area contributed by atoms with Gasteiger partial charge in [-0.25, -0.2) is 9.78 Å². The molecule has 0 fully saturated rings. The Hall–Kier alpha value is -3.75. The molecule has 2 N–H and O–H groups in total. The number of nitrogens with one attached hydrogen (secondary N) is 2. The standard InChI is InChI=1S/C19H19N7O2/c1-19(2,3)28-18(27)21-13-10-8-12(9-11-13)20-16-17-23-24-25-26(17)15-7-5-4-6-14(15)22-16/h4-11H,1-3H3,(H,20,22)(H,21,27). The van der Waals surface area contributed by atoms with Crippen LogP contribution in [0.15, 0.2) is 48.5 Å². The molecule has 2 heterocycles. The first-order chi connectivity index (χ1) is 13.4. The molecule has 4 rings (SSSR count). The molecule has 0 spiro atoms. The number of nitrogens with zero attached hydrogens (tertiary/aromatic N) is 5. The minimum Gasteiger partial charge on any atom is -0.444 e. The van der Waals surface area contributed by atoms with Crippen LogP contribution in [0, 0.1) is 0 Å². The van der Waals surface area contributed by atoms with Gasteiger partial charge in [0.2, 0.25) is 5.65 Å². The van der Waals surface area contributed by atoms with Gasteiger partial charge in [-0.3, -0.25) is 5.32 Å². The molecule has 0 saturated heterocycles. The van der Waals surface area contributed by atoms with Crippen LogP contribution in [0.5, 0.6) is 0 Å². The highest BCUT2D eigenvalue weighted by atomic mass is 16.6. The summed E-state index contributed by atoms with van der Waals surface area (Å²) in [4.78, 5) is 16.5. The predicted octanol–water partition coefficient (Wildman–Crippen LogP) is 3.76. The van der Waals surface area contributed by atoms with Crippen molar-refractivity contribution in [2.45, 2.75) is 26.4 Å². The van der Waals surface area contributed by atoms with Crippen molar-refractivity contribution in [3.05, 3.63) is 48.5 Å². The summed E-state index contributed by atoms with van der Waals surface area (Å²) in [6, 6.07) is 14.8. The highest BCUT2D eigenvalue weighted by Crippen LogP contribution is 2.23. The first-order valence-corrected chi connectivity index (χ1v) is 8.73. The number of benzene rings is 2. The van der Waals surface area contributed by atoms with Gasteiger partial charge in [-0.1, -0.05) is 12.1 Å². The van der Waals surface area contributed by atoms with Crippen LogP contribution < -0.4 is 10.6 Å². The average Bonchev–Trinajstić information content (AvgIpc) is 3.12. The largest absolute Gasteiger partial charge is 0.444 e. The third-order valence-corrected chi connectivity index (χ3v) is 3.82. The molecule has 0 radical (unpaired) electrons. The van der Waals surface area contributed by atoms with Crippen LogP contribution in [0.3, 0.4) is 0 Å². The molecule has 1 amide bonds. The second kappa shape index (κ2) is 6.76. The Morgan fingerprint density at radius 2 is 1.75 bits per heavy atom. The molecular formula is C19H19N7O2. The van der Waals surface area contributed by atoms with Crippen LogP contribution in [0.25, 0.3) is 16.7 Å². The lowest BCUT2D eigenvalue weighted by atomic mass is 10.2. The van der Waals surface area contributed by atoms with E-state index in [1.54, 1.807) is 16.6 Å². The maximum absolute atomic E-state index is 11.9. The van der Waals surface area contributed by atoms with Gasteiger partial charge in [0.1, 0.15) is 5.60 Å². The molecule has 0 bridgehead atoms. The van der Waals surface area contributed by atoms with E-state index in [9.17, 15) is 4.79 Å². The fraction of sp³-hybridized carbons (Fsp3) is 0.211. The van der Waals surface area contributed by atoms with Crippen molar-refractivity contribution in [2.75, 3.05) is 10.6 Å². The number of hydrogen-bond donors (Lipinski definition) is 2. The SMILES string of the molecule is CC(C)(C)OC(=O)Nc1ccc(Nc2nc3ccccc3n3nnnc23)cc1. The summed E-state index contributed by atoms with van der Waals surface area (Å²) in [6.45, 7) is 5.45. The number of rotatable bonds is 3. The number of para-hydroxylation sites is 2. The third-order valence-electron chi connectivity index (χ3n) is 3.82. The molecule has 2 aromatic heterocycles. The normalized spacial score (nSPS) is 11.5. The van der Waals surface area contributed by atoms with E-state index in [1.165, 1.54) is 0 Å². The minimum atomic E-state index is -0.551. The number of carbonyl (C=O) groups excluding carboxylic acids is 1. The fourth-order valence-corrected chi connectivity index (χ4v) is 2.68. The monoisotopic (exact) mass is 377 g/mol. The van der Waals surface area contributed by atoms with Gasteiger partial charge in [-0.2, -0.15) is 4.52 Å². The summed E-state index contributed by atoms with van der Waals surface area (Å²) < 4.78 is 6.89. The Balaban J connectivity index is 1.56. The van der Waals surface area contributed by atoms with Gasteiger partial charge in [-0.15, -0.1) is 5.10 Å². The van der Waals surface area contributed by atoms with E-state index < -0.39 is 11.7 Å². The van der Waals surface area contributed by atoms with Crippen LogP contribution in [0.4, 0.5) is 22.0 Å². The number of aromatic nitrogens is 5. The van der Waals surface area contributed by atoms with Crippen molar-refractivity contribution >= 4 is 40.0 Å². The molecule has 0 unspecified atom stereocenters. The second-order valence-electron chi connectivity index (χ2n) is 7.19. The van der Waals surface area contributed by atoms with Crippen molar-refractivity contribution in [1.29, 1.82) is 0 Å². The number of anilines is 3. The van der Waals surface area contributed by atoms with E-state index in [4.69, 9.17) is 4.74 Å². The lowest BCUT2D eigenvalue weighted by molar-refractivity contribution is 0.0636. The number of hydrogen-bond acceptors (Lipinski definition) is 7. The molecule has 4 aromatic rings. The quantitative estimate of drug-likeness (QED) is 0.560. The summed E-state index contributed by atoms with van der Waals surface area (Å²) in [7, 11) is 0. The predicted molar refractivity (Wildman–Crippen MR) is 106 cm³/mol. The first kappa shape index (κ1) is 17.7. The molecule has 28 heavy (non-hydrogen) atoms. The van der Waals surface area contributed by atoms with Gasteiger partial charge in [0.15, 0.2) is 5.82 Å². The van der Waals surface area contributed by atoms with E-state index in [1.807, 2.05) is 57.2 Å². The lowest BCUT2D eigenvalue weighted by Gasteiger charge is -2.19. The summed E-state index contributed by atoms with van der Waals surface area (Å²) in [5, 5.41) is 17.8. The zero-order chi connectivity index (χ0) is 19.7. The average molecular weight is 377 g/mol. The molecular weight excluding hydrogens is 358 g/mol. The van der Waals surface area contributed by atoms with E-state index in [0.29, 0.717) is 17.2 Å². The number of ether oxygens (including phenoxy) is 1. The van der Waals surface area contributed by atoms with Crippen molar-refractivity contribution in [2.24, 2.45) is 0 Å². The first-order valence-electron chi connectivity index (χ1n) is 8.73. The van der Waals surface area contributed by atoms with Gasteiger partial charge >= 0.3 is 6.09 Å². The molecule has 0 atom stereocenters. The molecule has 0 aliphatic heterocycles. The fourth-order valence-electron chi connectivity index (χ4n) is 2.68. The van der Waals surface area contributed by atoms with Gasteiger partial charge in [-0.05, 0) is 67.6 Å². The lowest BCUT2D eigenvalue weighted by Crippen LogP contribution is -2.27. The van der Waals surface area contributed by atoms with Crippen LogP contribution in [0.1, 0.15) is 20.8 Å². The molecule has 9 nitrogen and oxygen atoms in total. The van der Waals surface area contributed by atoms with Crippen LogP contribution >= 0.6 is 0 Å². The van der Waals surface area contributed by atoms with Crippen LogP contribution in [-0.4, -0.2) is 36.7 Å². The van der Waals surface area contributed by atoms with Gasteiger partial charge in [0, 0.05) is 11.4 Å². The minimum absolute atomic E-state index is 0.499. The molecule has 0 aliphatic carbocycles. The Kier molecular flexibility index (Phi) is 4.26. The Bertz CT molecular complexity index is 1150. The molecule has 2 aromatic carbocycles. The van der Waals surface area contributed by atoms with Crippen LogP contribution in [-0.2, 0) is 4.74 Å². The maximum atomic E-state index is 11.9. The summed E-state index contributed by atoms with van der Waals surface area (Å²) in [6.07, 6.45) is -0.499. The van der Waals surface area contributed by atoms with Crippen molar-refractivity contribution in [3.8, 4) is 0 Å². The van der Waals surface area contributed by atoms with Crippen molar-refractivity contribution in [1.82, 2.24) is 25.0 Å².